The van der Waals surface area contributed by atoms with E-state index in [9.17, 15) is 14.9 Å². The molecular formula is C20H36N2O3. The van der Waals surface area contributed by atoms with Crippen molar-refractivity contribution in [2.45, 2.75) is 84.1 Å². The van der Waals surface area contributed by atoms with Crippen molar-refractivity contribution in [3.63, 3.8) is 0 Å². The second-order valence-corrected chi connectivity index (χ2v) is 6.76. The number of nitrogens with zero attached hydrogens (tertiary/aromatic N) is 1. The third-order valence-corrected chi connectivity index (χ3v) is 4.27. The maximum atomic E-state index is 11.3. The standard InChI is InChI=1S/C20H36N2O3/c1-4-5-6-7-8-9-10-11-12-13-14-15-19(22(24)25)16-18(2)17-20(23)21-3/h8-9,11-12,18-19H,4-7,10,13-17H2,1-3H3,(H,21,23)/b9-8-,12-11-. The zero-order valence-electron chi connectivity index (χ0n) is 16.2. The van der Waals surface area contributed by atoms with Crippen LogP contribution in [0.4, 0.5) is 0 Å². The molecule has 0 radical (unpaired) electrons. The average molecular weight is 353 g/mol. The van der Waals surface area contributed by atoms with Crippen LogP contribution in [0.25, 0.3) is 0 Å². The van der Waals surface area contributed by atoms with Crippen molar-refractivity contribution in [1.82, 2.24) is 5.32 Å². The van der Waals surface area contributed by atoms with E-state index in [2.05, 4.69) is 36.5 Å². The highest BCUT2D eigenvalue weighted by molar-refractivity contribution is 5.75. The molecule has 0 bridgehead atoms. The van der Waals surface area contributed by atoms with E-state index >= 15 is 0 Å². The van der Waals surface area contributed by atoms with Crippen LogP contribution in [0, 0.1) is 16.0 Å². The quantitative estimate of drug-likeness (QED) is 0.194. The molecule has 144 valence electrons. The third kappa shape index (κ3) is 14.4. The lowest BCUT2D eigenvalue weighted by Crippen LogP contribution is -2.26. The van der Waals surface area contributed by atoms with Crippen molar-refractivity contribution in [3.8, 4) is 0 Å². The SMILES string of the molecule is CCCCC/C=C\C/C=C\CCCC(CC(C)CC(=O)NC)[N+](=O)[O-]. The van der Waals surface area contributed by atoms with E-state index in [1.54, 1.807) is 7.05 Å². The second-order valence-electron chi connectivity index (χ2n) is 6.76. The molecule has 0 aromatic rings. The number of allylic oxidation sites excluding steroid dienone is 4. The molecule has 25 heavy (non-hydrogen) atoms. The maximum absolute atomic E-state index is 11.3. The minimum absolute atomic E-state index is 0.0312. The van der Waals surface area contributed by atoms with Gasteiger partial charge in [-0.2, -0.15) is 0 Å². The van der Waals surface area contributed by atoms with Gasteiger partial charge >= 0.3 is 0 Å². The molecule has 2 unspecified atom stereocenters. The van der Waals surface area contributed by atoms with Crippen LogP contribution in [0.3, 0.4) is 0 Å². The van der Waals surface area contributed by atoms with Gasteiger partial charge in [0.1, 0.15) is 0 Å². The van der Waals surface area contributed by atoms with Gasteiger partial charge in [-0.25, -0.2) is 0 Å². The van der Waals surface area contributed by atoms with Crippen molar-refractivity contribution in [2.75, 3.05) is 7.05 Å². The summed E-state index contributed by atoms with van der Waals surface area (Å²) in [5.41, 5.74) is 0. The first-order valence-corrected chi connectivity index (χ1v) is 9.65. The summed E-state index contributed by atoms with van der Waals surface area (Å²) in [6, 6.07) is -0.550. The molecule has 0 aliphatic carbocycles. The fourth-order valence-electron chi connectivity index (χ4n) is 2.77. The number of nitrogens with one attached hydrogen (secondary N) is 1. The number of amides is 1. The molecule has 0 saturated heterocycles. The van der Waals surface area contributed by atoms with Crippen LogP contribution < -0.4 is 5.32 Å². The number of hydrogen-bond donors (Lipinski definition) is 1. The molecule has 0 heterocycles. The molecule has 5 heteroatoms. The molecule has 0 fully saturated rings. The van der Waals surface area contributed by atoms with Gasteiger partial charge in [-0.3, -0.25) is 14.9 Å². The van der Waals surface area contributed by atoms with Crippen LogP contribution in [0.2, 0.25) is 0 Å². The highest BCUT2D eigenvalue weighted by Crippen LogP contribution is 2.17. The van der Waals surface area contributed by atoms with Gasteiger partial charge in [0, 0.05) is 31.2 Å². The van der Waals surface area contributed by atoms with E-state index in [0.717, 1.165) is 25.7 Å². The van der Waals surface area contributed by atoms with Gasteiger partial charge in [0.25, 0.3) is 0 Å². The summed E-state index contributed by atoms with van der Waals surface area (Å²) in [5.74, 6) is -0.0241. The molecule has 1 N–H and O–H groups in total. The minimum atomic E-state index is -0.550. The summed E-state index contributed by atoms with van der Waals surface area (Å²) in [6.45, 7) is 4.11. The number of hydrogen-bond acceptors (Lipinski definition) is 3. The molecule has 1 amide bonds. The Labute approximate surface area is 153 Å². The lowest BCUT2D eigenvalue weighted by Gasteiger charge is -2.14. The van der Waals surface area contributed by atoms with Crippen LogP contribution in [0.15, 0.2) is 24.3 Å². The molecule has 0 aliphatic rings. The van der Waals surface area contributed by atoms with Crippen LogP contribution in [-0.4, -0.2) is 23.9 Å². The van der Waals surface area contributed by atoms with Crippen LogP contribution in [-0.2, 0) is 4.79 Å². The van der Waals surface area contributed by atoms with Crippen LogP contribution in [0.1, 0.15) is 78.1 Å². The van der Waals surface area contributed by atoms with E-state index in [0.29, 0.717) is 19.3 Å². The van der Waals surface area contributed by atoms with E-state index < -0.39 is 6.04 Å². The van der Waals surface area contributed by atoms with E-state index in [4.69, 9.17) is 0 Å². The Balaban J connectivity index is 3.91. The highest BCUT2D eigenvalue weighted by atomic mass is 16.6. The predicted molar refractivity (Wildman–Crippen MR) is 104 cm³/mol. The third-order valence-electron chi connectivity index (χ3n) is 4.27. The molecule has 0 aromatic carbocycles. The molecule has 0 aromatic heterocycles. The molecular weight excluding hydrogens is 316 g/mol. The summed E-state index contributed by atoms with van der Waals surface area (Å²) >= 11 is 0. The van der Waals surface area contributed by atoms with Gasteiger partial charge in [0.15, 0.2) is 0 Å². The summed E-state index contributed by atoms with van der Waals surface area (Å²) < 4.78 is 0. The summed E-state index contributed by atoms with van der Waals surface area (Å²) in [4.78, 5) is 22.3. The summed E-state index contributed by atoms with van der Waals surface area (Å²) in [5, 5.41) is 13.7. The van der Waals surface area contributed by atoms with Crippen molar-refractivity contribution >= 4 is 5.91 Å². The van der Waals surface area contributed by atoms with Crippen LogP contribution >= 0.6 is 0 Å². The Morgan fingerprint density at radius 2 is 1.76 bits per heavy atom. The fourth-order valence-corrected chi connectivity index (χ4v) is 2.77. The molecule has 0 aliphatic heterocycles. The maximum Gasteiger partial charge on any atom is 0.220 e. The number of carbonyl (C=O) groups is 1. The number of unbranched alkanes of at least 4 members (excludes halogenated alkanes) is 4. The lowest BCUT2D eigenvalue weighted by atomic mass is 9.95. The summed E-state index contributed by atoms with van der Waals surface area (Å²) in [7, 11) is 1.59. The van der Waals surface area contributed by atoms with Gasteiger partial charge in [-0.1, -0.05) is 51.0 Å². The largest absolute Gasteiger partial charge is 0.359 e. The van der Waals surface area contributed by atoms with Crippen molar-refractivity contribution in [2.24, 2.45) is 5.92 Å². The van der Waals surface area contributed by atoms with Gasteiger partial charge in [-0.05, 0) is 38.0 Å². The first-order chi connectivity index (χ1) is 12.0. The Hall–Kier alpha value is -1.65. The van der Waals surface area contributed by atoms with E-state index in [1.165, 1.54) is 19.3 Å². The van der Waals surface area contributed by atoms with E-state index in [-0.39, 0.29) is 16.7 Å². The van der Waals surface area contributed by atoms with Crippen molar-refractivity contribution < 1.29 is 9.72 Å². The normalized spacial score (nSPS) is 14.0. The van der Waals surface area contributed by atoms with Gasteiger partial charge < -0.3 is 5.32 Å². The molecule has 2 atom stereocenters. The van der Waals surface area contributed by atoms with Gasteiger partial charge in [0.05, 0.1) is 0 Å². The zero-order chi connectivity index (χ0) is 18.9. The molecule has 0 spiro atoms. The minimum Gasteiger partial charge on any atom is -0.359 e. The molecule has 0 saturated carbocycles. The lowest BCUT2D eigenvalue weighted by molar-refractivity contribution is -0.525. The topological polar surface area (TPSA) is 72.2 Å². The first kappa shape index (κ1) is 23.4. The number of rotatable bonds is 15. The Morgan fingerprint density at radius 3 is 2.32 bits per heavy atom. The van der Waals surface area contributed by atoms with E-state index in [1.807, 2.05) is 6.92 Å². The van der Waals surface area contributed by atoms with Crippen LogP contribution in [0.5, 0.6) is 0 Å². The van der Waals surface area contributed by atoms with Gasteiger partial charge in [-0.15, -0.1) is 0 Å². The van der Waals surface area contributed by atoms with Crippen molar-refractivity contribution in [3.05, 3.63) is 34.4 Å². The Morgan fingerprint density at radius 1 is 1.12 bits per heavy atom. The zero-order valence-corrected chi connectivity index (χ0v) is 16.2. The van der Waals surface area contributed by atoms with Crippen molar-refractivity contribution in [1.29, 1.82) is 0 Å². The Bertz CT molecular complexity index is 419. The molecule has 0 rings (SSSR count). The fraction of sp³-hybridized carbons (Fsp3) is 0.750. The smallest absolute Gasteiger partial charge is 0.220 e. The predicted octanol–water partition coefficient (Wildman–Crippen LogP) is 5.05. The average Bonchev–Trinajstić information content (AvgIpc) is 2.58. The van der Waals surface area contributed by atoms with Gasteiger partial charge in [0.2, 0.25) is 11.9 Å². The Kier molecular flexibility index (Phi) is 14.8. The summed E-state index contributed by atoms with van der Waals surface area (Å²) in [6.07, 6.45) is 17.6. The number of carbonyl (C=O) groups excluding carboxylic acids is 1. The highest BCUT2D eigenvalue weighted by Gasteiger charge is 2.23. The number of nitro groups is 1. The monoisotopic (exact) mass is 352 g/mol. The molecule has 5 nitrogen and oxygen atoms in total. The first-order valence-electron chi connectivity index (χ1n) is 9.65. The second kappa shape index (κ2) is 15.9.